The van der Waals surface area contributed by atoms with E-state index < -0.39 is 27.8 Å². The molecule has 0 aliphatic carbocycles. The summed E-state index contributed by atoms with van der Waals surface area (Å²) in [5.74, 6) is -0.694. The van der Waals surface area contributed by atoms with Crippen LogP contribution in [0, 0.1) is 0 Å². The van der Waals surface area contributed by atoms with Gasteiger partial charge in [0.2, 0.25) is 0 Å². The molecule has 0 amide bonds. The van der Waals surface area contributed by atoms with Crippen molar-refractivity contribution in [2.24, 2.45) is 0 Å². The maximum absolute atomic E-state index is 11.2. The van der Waals surface area contributed by atoms with Gasteiger partial charge < -0.3 is 9.29 Å². The van der Waals surface area contributed by atoms with E-state index in [0.717, 1.165) is 0 Å². The zero-order valence-corrected chi connectivity index (χ0v) is 10.1. The molecule has 5 nitrogen and oxygen atoms in total. The highest BCUT2D eigenvalue weighted by Gasteiger charge is 2.22. The zero-order valence-electron chi connectivity index (χ0n) is 9.33. The fraction of sp³-hybridized carbons (Fsp3) is 0.364. The number of hydrogen-bond donors (Lipinski definition) is 0. The molecule has 0 aliphatic heterocycles. The highest BCUT2D eigenvalue weighted by Crippen LogP contribution is 2.25. The van der Waals surface area contributed by atoms with Gasteiger partial charge >= 0.3 is 5.97 Å². The van der Waals surface area contributed by atoms with Crippen LogP contribution in [0.3, 0.4) is 0 Å². The lowest BCUT2D eigenvalue weighted by Gasteiger charge is -2.20. The van der Waals surface area contributed by atoms with Crippen molar-refractivity contribution in [2.45, 2.75) is 18.6 Å². The molecular formula is C11H13O5S-. The Kier molecular flexibility index (Phi) is 4.65. The molecule has 0 bridgehead atoms. The van der Waals surface area contributed by atoms with E-state index in [0.29, 0.717) is 5.56 Å². The summed E-state index contributed by atoms with van der Waals surface area (Å²) in [5.41, 5.74) is 0.301. The van der Waals surface area contributed by atoms with Crippen LogP contribution < -0.4 is 0 Å². The first kappa shape index (κ1) is 13.7. The summed E-state index contributed by atoms with van der Waals surface area (Å²) in [7, 11) is -4.58. The molecule has 94 valence electrons. The van der Waals surface area contributed by atoms with E-state index in [-0.39, 0.29) is 6.61 Å². The van der Waals surface area contributed by atoms with Gasteiger partial charge in [0.05, 0.1) is 18.3 Å². The standard InChI is InChI=1S/C11H14O5S/c1-2-16-11(12)8-10(17(13,14)15)9-6-4-3-5-7-9/h3-7,10H,2,8H2,1H3,(H,13,14,15)/p-1/t10-/m1/s1. The third-order valence-corrected chi connectivity index (χ3v) is 3.31. The Balaban J connectivity index is 2.95. The van der Waals surface area contributed by atoms with Crippen LogP contribution in [-0.4, -0.2) is 25.5 Å². The quantitative estimate of drug-likeness (QED) is 0.585. The predicted octanol–water partition coefficient (Wildman–Crippen LogP) is 1.23. The minimum Gasteiger partial charge on any atom is -0.747 e. The van der Waals surface area contributed by atoms with Gasteiger partial charge in [0.25, 0.3) is 0 Å². The summed E-state index contributed by atoms with van der Waals surface area (Å²) >= 11 is 0. The van der Waals surface area contributed by atoms with Gasteiger partial charge in [-0.15, -0.1) is 0 Å². The number of esters is 1. The smallest absolute Gasteiger partial charge is 0.307 e. The second kappa shape index (κ2) is 5.79. The molecule has 17 heavy (non-hydrogen) atoms. The van der Waals surface area contributed by atoms with Crippen molar-refractivity contribution in [1.29, 1.82) is 0 Å². The van der Waals surface area contributed by atoms with E-state index in [1.165, 1.54) is 12.1 Å². The fourth-order valence-electron chi connectivity index (χ4n) is 1.43. The van der Waals surface area contributed by atoms with E-state index in [1.54, 1.807) is 25.1 Å². The second-order valence-corrected chi connectivity index (χ2v) is 4.96. The zero-order chi connectivity index (χ0) is 12.9. The molecular weight excluding hydrogens is 244 g/mol. The van der Waals surface area contributed by atoms with Gasteiger partial charge in [0, 0.05) is 0 Å². The molecule has 0 heterocycles. The van der Waals surface area contributed by atoms with Crippen LogP contribution in [-0.2, 0) is 19.6 Å². The Bertz CT molecular complexity index is 466. The maximum atomic E-state index is 11.2. The Hall–Kier alpha value is -1.40. The largest absolute Gasteiger partial charge is 0.747 e. The van der Waals surface area contributed by atoms with Crippen LogP contribution >= 0.6 is 0 Å². The molecule has 1 rings (SSSR count). The molecule has 1 aromatic carbocycles. The van der Waals surface area contributed by atoms with Crippen molar-refractivity contribution >= 4 is 16.1 Å². The van der Waals surface area contributed by atoms with Crippen LogP contribution in [0.5, 0.6) is 0 Å². The SMILES string of the molecule is CCOC(=O)C[C@H](c1ccccc1)S(=O)(=O)[O-]. The lowest BCUT2D eigenvalue weighted by Crippen LogP contribution is -2.18. The van der Waals surface area contributed by atoms with Gasteiger partial charge in [0.15, 0.2) is 0 Å². The summed E-state index contributed by atoms with van der Waals surface area (Å²) in [4.78, 5) is 11.2. The second-order valence-electron chi connectivity index (χ2n) is 3.40. The normalized spacial score (nSPS) is 13.1. The first-order valence-corrected chi connectivity index (χ1v) is 6.57. The van der Waals surface area contributed by atoms with E-state index in [9.17, 15) is 17.8 Å². The minimum absolute atomic E-state index is 0.152. The Morgan fingerprint density at radius 1 is 1.35 bits per heavy atom. The summed E-state index contributed by atoms with van der Waals surface area (Å²) in [6.07, 6.45) is -0.455. The van der Waals surface area contributed by atoms with Crippen molar-refractivity contribution in [3.63, 3.8) is 0 Å². The van der Waals surface area contributed by atoms with Crippen LogP contribution in [0.25, 0.3) is 0 Å². The van der Waals surface area contributed by atoms with Gasteiger partial charge in [0.1, 0.15) is 10.1 Å². The van der Waals surface area contributed by atoms with E-state index in [1.807, 2.05) is 0 Å². The van der Waals surface area contributed by atoms with Crippen LogP contribution in [0.1, 0.15) is 24.2 Å². The van der Waals surface area contributed by atoms with Gasteiger partial charge in [-0.25, -0.2) is 8.42 Å². The lowest BCUT2D eigenvalue weighted by atomic mass is 10.1. The number of ether oxygens (including phenoxy) is 1. The van der Waals surface area contributed by atoms with Crippen LogP contribution in [0.4, 0.5) is 0 Å². The molecule has 0 aromatic heterocycles. The molecule has 0 saturated carbocycles. The number of carbonyl (C=O) groups excluding carboxylic acids is 1. The third-order valence-electron chi connectivity index (χ3n) is 2.18. The molecule has 1 aromatic rings. The molecule has 0 fully saturated rings. The summed E-state index contributed by atoms with van der Waals surface area (Å²) in [6, 6.07) is 7.92. The average molecular weight is 257 g/mol. The molecule has 6 heteroatoms. The Labute approximate surface area is 100 Å². The molecule has 0 unspecified atom stereocenters. The molecule has 0 N–H and O–H groups in total. The van der Waals surface area contributed by atoms with Crippen molar-refractivity contribution in [2.75, 3.05) is 6.61 Å². The van der Waals surface area contributed by atoms with E-state index in [4.69, 9.17) is 0 Å². The maximum Gasteiger partial charge on any atom is 0.307 e. The van der Waals surface area contributed by atoms with Crippen LogP contribution in [0.2, 0.25) is 0 Å². The van der Waals surface area contributed by atoms with E-state index in [2.05, 4.69) is 4.74 Å². The first-order chi connectivity index (χ1) is 7.95. The minimum atomic E-state index is -4.58. The Morgan fingerprint density at radius 2 is 1.94 bits per heavy atom. The summed E-state index contributed by atoms with van der Waals surface area (Å²) in [6.45, 7) is 1.76. The number of hydrogen-bond acceptors (Lipinski definition) is 5. The number of benzene rings is 1. The highest BCUT2D eigenvalue weighted by atomic mass is 32.2. The highest BCUT2D eigenvalue weighted by molar-refractivity contribution is 7.86. The van der Waals surface area contributed by atoms with E-state index >= 15 is 0 Å². The Morgan fingerprint density at radius 3 is 2.41 bits per heavy atom. The monoisotopic (exact) mass is 257 g/mol. The van der Waals surface area contributed by atoms with Crippen molar-refractivity contribution < 1.29 is 22.5 Å². The first-order valence-electron chi connectivity index (χ1n) is 5.10. The fourth-order valence-corrected chi connectivity index (χ4v) is 2.26. The van der Waals surface area contributed by atoms with Crippen molar-refractivity contribution in [3.8, 4) is 0 Å². The van der Waals surface area contributed by atoms with Gasteiger partial charge in [-0.1, -0.05) is 30.3 Å². The van der Waals surface area contributed by atoms with Crippen LogP contribution in [0.15, 0.2) is 30.3 Å². The van der Waals surface area contributed by atoms with Gasteiger partial charge in [-0.05, 0) is 12.5 Å². The number of carbonyl (C=O) groups is 1. The summed E-state index contributed by atoms with van der Waals surface area (Å²) < 4.78 is 38.0. The molecule has 1 atom stereocenters. The molecule has 0 radical (unpaired) electrons. The molecule has 0 saturated heterocycles. The predicted molar refractivity (Wildman–Crippen MR) is 60.1 cm³/mol. The van der Waals surface area contributed by atoms with Gasteiger partial charge in [-0.3, -0.25) is 4.79 Å². The van der Waals surface area contributed by atoms with Crippen molar-refractivity contribution in [3.05, 3.63) is 35.9 Å². The molecule has 0 spiro atoms. The molecule has 0 aliphatic rings. The van der Waals surface area contributed by atoms with Crippen molar-refractivity contribution in [1.82, 2.24) is 0 Å². The third kappa shape index (κ3) is 4.16. The van der Waals surface area contributed by atoms with Gasteiger partial charge in [-0.2, -0.15) is 0 Å². The number of rotatable bonds is 5. The topological polar surface area (TPSA) is 83.5 Å². The average Bonchev–Trinajstić information content (AvgIpc) is 2.26. The lowest BCUT2D eigenvalue weighted by molar-refractivity contribution is -0.143. The summed E-state index contributed by atoms with van der Waals surface area (Å²) in [5, 5.41) is -1.39.